The third-order valence-corrected chi connectivity index (χ3v) is 2.74. The van der Waals surface area contributed by atoms with Crippen molar-refractivity contribution in [3.63, 3.8) is 0 Å². The van der Waals surface area contributed by atoms with Crippen molar-refractivity contribution in [2.75, 3.05) is 17.7 Å². The number of nitrogens with two attached hydrogens (primary N) is 1. The average Bonchev–Trinajstić information content (AvgIpc) is 2.34. The molecule has 1 aromatic carbocycles. The normalized spacial score (nSPS) is 19.9. The van der Waals surface area contributed by atoms with Crippen molar-refractivity contribution in [3.8, 4) is 0 Å². The summed E-state index contributed by atoms with van der Waals surface area (Å²) in [6.07, 6.45) is 2.26. The van der Waals surface area contributed by atoms with Crippen LogP contribution in [0.2, 0.25) is 0 Å². The van der Waals surface area contributed by atoms with Crippen LogP contribution in [0.4, 0.5) is 15.8 Å². The van der Waals surface area contributed by atoms with Gasteiger partial charge in [0.15, 0.2) is 0 Å². The smallest absolute Gasteiger partial charge is 0.253 e. The van der Waals surface area contributed by atoms with Crippen molar-refractivity contribution in [3.05, 3.63) is 24.0 Å². The van der Waals surface area contributed by atoms with Crippen molar-refractivity contribution >= 4 is 17.3 Å². The molecule has 0 aromatic heterocycles. The number of carbonyl (C=O) groups excluding carboxylic acids is 1. The Balaban J connectivity index is 2.02. The highest BCUT2D eigenvalue weighted by Crippen LogP contribution is 2.21. The molecule has 17 heavy (non-hydrogen) atoms. The van der Waals surface area contributed by atoms with E-state index in [1.54, 1.807) is 0 Å². The van der Waals surface area contributed by atoms with Gasteiger partial charge in [0.25, 0.3) is 5.91 Å². The van der Waals surface area contributed by atoms with Gasteiger partial charge in [0.2, 0.25) is 0 Å². The van der Waals surface area contributed by atoms with Gasteiger partial charge in [-0.1, -0.05) is 0 Å². The summed E-state index contributed by atoms with van der Waals surface area (Å²) in [7, 11) is 0. The zero-order valence-corrected chi connectivity index (χ0v) is 9.41. The van der Waals surface area contributed by atoms with E-state index in [0.717, 1.165) is 12.8 Å². The number of hydrogen-bond donors (Lipinski definition) is 2. The average molecular weight is 238 g/mol. The lowest BCUT2D eigenvalue weighted by Gasteiger charge is -2.22. The minimum atomic E-state index is -0.423. The van der Waals surface area contributed by atoms with E-state index in [1.165, 1.54) is 18.2 Å². The highest BCUT2D eigenvalue weighted by molar-refractivity contribution is 5.96. The van der Waals surface area contributed by atoms with Gasteiger partial charge in [-0.05, 0) is 37.5 Å². The number of nitrogen functional groups attached to an aromatic ring is 1. The van der Waals surface area contributed by atoms with Crippen molar-refractivity contribution in [1.82, 2.24) is 0 Å². The predicted molar refractivity (Wildman–Crippen MR) is 63.0 cm³/mol. The van der Waals surface area contributed by atoms with Crippen LogP contribution in [0.25, 0.3) is 0 Å². The van der Waals surface area contributed by atoms with E-state index in [0.29, 0.717) is 18.7 Å². The molecule has 0 saturated carbocycles. The highest BCUT2D eigenvalue weighted by Gasteiger charge is 2.22. The van der Waals surface area contributed by atoms with E-state index in [9.17, 15) is 9.18 Å². The summed E-state index contributed by atoms with van der Waals surface area (Å²) in [6, 6.07) is 3.89. The Bertz CT molecular complexity index is 417. The molecule has 1 saturated heterocycles. The molecule has 3 N–H and O–H groups in total. The van der Waals surface area contributed by atoms with Crippen LogP contribution in [0.5, 0.6) is 0 Å². The summed E-state index contributed by atoms with van der Waals surface area (Å²) < 4.78 is 18.2. The fraction of sp³-hybridized carbons (Fsp3) is 0.417. The van der Waals surface area contributed by atoms with E-state index in [1.807, 2.05) is 0 Å². The molecule has 0 radical (unpaired) electrons. The minimum Gasteiger partial charge on any atom is -0.397 e. The number of ether oxygens (including phenoxy) is 1. The van der Waals surface area contributed by atoms with Gasteiger partial charge in [-0.3, -0.25) is 4.79 Å². The first-order valence-corrected chi connectivity index (χ1v) is 5.64. The van der Waals surface area contributed by atoms with Gasteiger partial charge in [-0.15, -0.1) is 0 Å². The minimum absolute atomic E-state index is 0.217. The number of carbonyl (C=O) groups is 1. The van der Waals surface area contributed by atoms with Crippen LogP contribution in [-0.2, 0) is 9.53 Å². The lowest BCUT2D eigenvalue weighted by atomic mass is 10.1. The molecule has 1 aliphatic heterocycles. The first-order valence-electron chi connectivity index (χ1n) is 5.64. The maximum absolute atomic E-state index is 12.8. The third-order valence-electron chi connectivity index (χ3n) is 2.74. The van der Waals surface area contributed by atoms with Gasteiger partial charge in [0, 0.05) is 6.61 Å². The molecular formula is C12H15FN2O2. The van der Waals surface area contributed by atoms with E-state index in [4.69, 9.17) is 10.5 Å². The van der Waals surface area contributed by atoms with Crippen molar-refractivity contribution < 1.29 is 13.9 Å². The van der Waals surface area contributed by atoms with Gasteiger partial charge in [-0.25, -0.2) is 4.39 Å². The lowest BCUT2D eigenvalue weighted by Crippen LogP contribution is -2.33. The Morgan fingerprint density at radius 1 is 1.47 bits per heavy atom. The van der Waals surface area contributed by atoms with Crippen molar-refractivity contribution in [2.24, 2.45) is 0 Å². The topological polar surface area (TPSA) is 64.3 Å². The van der Waals surface area contributed by atoms with Crippen molar-refractivity contribution in [2.45, 2.75) is 25.4 Å². The summed E-state index contributed by atoms with van der Waals surface area (Å²) in [4.78, 5) is 11.8. The summed E-state index contributed by atoms with van der Waals surface area (Å²) >= 11 is 0. The maximum atomic E-state index is 12.8. The van der Waals surface area contributed by atoms with Crippen LogP contribution in [-0.4, -0.2) is 18.6 Å². The van der Waals surface area contributed by atoms with Crippen molar-refractivity contribution in [1.29, 1.82) is 0 Å². The van der Waals surface area contributed by atoms with Crippen LogP contribution < -0.4 is 11.1 Å². The van der Waals surface area contributed by atoms with Crippen LogP contribution in [0.3, 0.4) is 0 Å². The fourth-order valence-electron chi connectivity index (χ4n) is 1.81. The van der Waals surface area contributed by atoms with E-state index in [-0.39, 0.29) is 11.6 Å². The van der Waals surface area contributed by atoms with E-state index in [2.05, 4.69) is 5.32 Å². The summed E-state index contributed by atoms with van der Waals surface area (Å²) in [6.45, 7) is 0.608. The number of rotatable bonds is 2. The molecule has 1 fully saturated rings. The molecule has 1 amide bonds. The Labute approximate surface area is 98.9 Å². The molecule has 2 rings (SSSR count). The van der Waals surface area contributed by atoms with E-state index < -0.39 is 11.9 Å². The third kappa shape index (κ3) is 2.94. The Hall–Kier alpha value is -1.62. The first-order chi connectivity index (χ1) is 8.16. The van der Waals surface area contributed by atoms with E-state index >= 15 is 0 Å². The van der Waals surface area contributed by atoms with Crippen LogP contribution >= 0.6 is 0 Å². The number of benzene rings is 1. The molecule has 0 spiro atoms. The van der Waals surface area contributed by atoms with Gasteiger partial charge >= 0.3 is 0 Å². The van der Waals surface area contributed by atoms with Gasteiger partial charge in [-0.2, -0.15) is 0 Å². The monoisotopic (exact) mass is 238 g/mol. The SMILES string of the molecule is Nc1cc(F)ccc1NC(=O)C1CCCCO1. The molecule has 0 aliphatic carbocycles. The van der Waals surface area contributed by atoms with Gasteiger partial charge in [0.05, 0.1) is 11.4 Å². The number of halogens is 1. The highest BCUT2D eigenvalue weighted by atomic mass is 19.1. The Morgan fingerprint density at radius 3 is 2.94 bits per heavy atom. The zero-order chi connectivity index (χ0) is 12.3. The molecule has 5 heteroatoms. The van der Waals surface area contributed by atoms with Crippen LogP contribution in [0.15, 0.2) is 18.2 Å². The predicted octanol–water partition coefficient (Wildman–Crippen LogP) is 1.92. The Kier molecular flexibility index (Phi) is 3.58. The molecule has 1 heterocycles. The molecule has 0 bridgehead atoms. The molecule has 1 atom stereocenters. The second-order valence-electron chi connectivity index (χ2n) is 4.08. The van der Waals surface area contributed by atoms with Gasteiger partial charge < -0.3 is 15.8 Å². The number of amides is 1. The summed E-state index contributed by atoms with van der Waals surface area (Å²) in [5.74, 6) is -0.641. The van der Waals surface area contributed by atoms with Crippen LogP contribution in [0, 0.1) is 5.82 Å². The van der Waals surface area contributed by atoms with Gasteiger partial charge in [0.1, 0.15) is 11.9 Å². The zero-order valence-electron chi connectivity index (χ0n) is 9.41. The number of nitrogens with one attached hydrogen (secondary N) is 1. The molecule has 4 nitrogen and oxygen atoms in total. The lowest BCUT2D eigenvalue weighted by molar-refractivity contribution is -0.129. The second-order valence-corrected chi connectivity index (χ2v) is 4.08. The first kappa shape index (κ1) is 11.9. The number of hydrogen-bond acceptors (Lipinski definition) is 3. The largest absolute Gasteiger partial charge is 0.397 e. The molecule has 1 unspecified atom stereocenters. The Morgan fingerprint density at radius 2 is 2.29 bits per heavy atom. The standard InChI is InChI=1S/C12H15FN2O2/c13-8-4-5-10(9(14)7-8)15-12(16)11-3-1-2-6-17-11/h4-5,7,11H,1-3,6,14H2,(H,15,16). The maximum Gasteiger partial charge on any atom is 0.253 e. The van der Waals surface area contributed by atoms with Crippen LogP contribution in [0.1, 0.15) is 19.3 Å². The summed E-state index contributed by atoms with van der Waals surface area (Å²) in [5.41, 5.74) is 6.24. The fourth-order valence-corrected chi connectivity index (χ4v) is 1.81. The quantitative estimate of drug-likeness (QED) is 0.773. The summed E-state index contributed by atoms with van der Waals surface area (Å²) in [5, 5.41) is 2.65. The molecule has 1 aromatic rings. The molecule has 1 aliphatic rings. The molecular weight excluding hydrogens is 223 g/mol. The second kappa shape index (κ2) is 5.14. The molecule has 92 valence electrons. The number of anilines is 2.